The lowest BCUT2D eigenvalue weighted by Crippen LogP contribution is -2.16. The van der Waals surface area contributed by atoms with E-state index >= 15 is 0 Å². The van der Waals surface area contributed by atoms with Crippen molar-refractivity contribution in [2.24, 2.45) is 0 Å². The van der Waals surface area contributed by atoms with E-state index in [0.29, 0.717) is 11.0 Å². The van der Waals surface area contributed by atoms with Gasteiger partial charge in [-0.05, 0) is 37.1 Å². The van der Waals surface area contributed by atoms with Gasteiger partial charge in [-0.1, -0.05) is 48.2 Å². The summed E-state index contributed by atoms with van der Waals surface area (Å²) in [7, 11) is 0. The first kappa shape index (κ1) is 17.0. The molecule has 3 aromatic rings. The van der Waals surface area contributed by atoms with Gasteiger partial charge in [0.25, 0.3) is 0 Å². The van der Waals surface area contributed by atoms with Crippen molar-refractivity contribution in [2.75, 3.05) is 16.9 Å². The number of aryl methyl sites for hydroxylation is 2. The first-order valence-electron chi connectivity index (χ1n) is 7.80. The monoisotopic (exact) mass is 353 g/mol. The Labute approximate surface area is 150 Å². The third-order valence-electron chi connectivity index (χ3n) is 3.82. The zero-order chi connectivity index (χ0) is 17.8. The van der Waals surface area contributed by atoms with Gasteiger partial charge in [0.05, 0.1) is 5.75 Å². The summed E-state index contributed by atoms with van der Waals surface area (Å²) in [4.78, 5) is 12.1. The van der Waals surface area contributed by atoms with Crippen LogP contribution in [0.15, 0.2) is 53.7 Å². The number of anilines is 1. The fourth-order valence-electron chi connectivity index (χ4n) is 2.31. The van der Waals surface area contributed by atoms with Crippen LogP contribution in [-0.2, 0) is 4.79 Å². The number of thioether (sulfide) groups is 1. The maximum absolute atomic E-state index is 12.1. The van der Waals surface area contributed by atoms with Crippen LogP contribution in [0.25, 0.3) is 11.4 Å². The molecule has 7 heteroatoms. The molecule has 0 aliphatic rings. The van der Waals surface area contributed by atoms with Crippen LogP contribution >= 0.6 is 11.8 Å². The Morgan fingerprint density at radius 1 is 1.12 bits per heavy atom. The molecule has 0 unspecified atom stereocenters. The first-order valence-corrected chi connectivity index (χ1v) is 8.79. The van der Waals surface area contributed by atoms with Crippen LogP contribution in [0.2, 0.25) is 0 Å². The Bertz CT molecular complexity index is 892. The number of nitrogens with zero attached hydrogens (tertiary/aromatic N) is 3. The second-order valence-corrected chi connectivity index (χ2v) is 6.62. The Kier molecular flexibility index (Phi) is 5.04. The predicted molar refractivity (Wildman–Crippen MR) is 101 cm³/mol. The fraction of sp³-hybridized carbons (Fsp3) is 0.167. The molecule has 0 aliphatic heterocycles. The van der Waals surface area contributed by atoms with Crippen molar-refractivity contribution in [1.82, 2.24) is 14.9 Å². The Morgan fingerprint density at radius 3 is 2.60 bits per heavy atom. The van der Waals surface area contributed by atoms with E-state index in [4.69, 9.17) is 5.84 Å². The summed E-state index contributed by atoms with van der Waals surface area (Å²) in [6.45, 7) is 4.05. The smallest absolute Gasteiger partial charge is 0.234 e. The molecule has 0 radical (unpaired) electrons. The molecule has 0 saturated carbocycles. The summed E-state index contributed by atoms with van der Waals surface area (Å²) in [5.74, 6) is 6.71. The first-order chi connectivity index (χ1) is 12.0. The summed E-state index contributed by atoms with van der Waals surface area (Å²) in [6.07, 6.45) is 0. The van der Waals surface area contributed by atoms with E-state index in [0.717, 1.165) is 16.8 Å². The van der Waals surface area contributed by atoms with Gasteiger partial charge in [-0.25, -0.2) is 4.68 Å². The van der Waals surface area contributed by atoms with E-state index in [-0.39, 0.29) is 11.7 Å². The van der Waals surface area contributed by atoms with Crippen molar-refractivity contribution in [3.8, 4) is 11.4 Å². The highest BCUT2D eigenvalue weighted by Crippen LogP contribution is 2.21. The lowest BCUT2D eigenvalue weighted by Gasteiger charge is -2.07. The van der Waals surface area contributed by atoms with Crippen molar-refractivity contribution >= 4 is 23.4 Å². The van der Waals surface area contributed by atoms with Crippen LogP contribution in [0.3, 0.4) is 0 Å². The average Bonchev–Trinajstić information content (AvgIpc) is 2.98. The van der Waals surface area contributed by atoms with Gasteiger partial charge in [-0.2, -0.15) is 0 Å². The van der Waals surface area contributed by atoms with E-state index in [2.05, 4.69) is 15.5 Å². The summed E-state index contributed by atoms with van der Waals surface area (Å²) in [5.41, 5.74) is 3.99. The molecule has 0 fully saturated rings. The van der Waals surface area contributed by atoms with Crippen molar-refractivity contribution in [3.63, 3.8) is 0 Å². The minimum Gasteiger partial charge on any atom is -0.335 e. The highest BCUT2D eigenvalue weighted by atomic mass is 32.2. The van der Waals surface area contributed by atoms with Gasteiger partial charge in [-0.15, -0.1) is 10.2 Å². The van der Waals surface area contributed by atoms with Gasteiger partial charge in [0.15, 0.2) is 5.82 Å². The van der Waals surface area contributed by atoms with Gasteiger partial charge < -0.3 is 11.2 Å². The number of benzene rings is 2. The second kappa shape index (κ2) is 7.40. The number of amides is 1. The molecule has 3 rings (SSSR count). The van der Waals surface area contributed by atoms with Crippen LogP contribution in [0, 0.1) is 13.8 Å². The molecule has 1 amide bonds. The maximum atomic E-state index is 12.1. The van der Waals surface area contributed by atoms with Crippen LogP contribution < -0.4 is 11.2 Å². The molecule has 25 heavy (non-hydrogen) atoms. The van der Waals surface area contributed by atoms with Crippen molar-refractivity contribution in [1.29, 1.82) is 0 Å². The van der Waals surface area contributed by atoms with Gasteiger partial charge >= 0.3 is 0 Å². The molecular weight excluding hydrogens is 334 g/mol. The molecule has 6 nitrogen and oxygen atoms in total. The molecule has 1 aromatic heterocycles. The van der Waals surface area contributed by atoms with Gasteiger partial charge in [-0.3, -0.25) is 4.79 Å². The molecule has 0 spiro atoms. The van der Waals surface area contributed by atoms with Gasteiger partial charge in [0.1, 0.15) is 0 Å². The number of aromatic nitrogens is 3. The van der Waals surface area contributed by atoms with E-state index in [1.165, 1.54) is 22.0 Å². The summed E-state index contributed by atoms with van der Waals surface area (Å²) in [6, 6.07) is 15.4. The standard InChI is InChI=1S/C18H19N5OS/c1-12-8-9-15(10-13(12)2)20-16(24)11-25-18-22-21-17(23(18)19)14-6-4-3-5-7-14/h3-10H,11,19H2,1-2H3,(H,20,24). The Morgan fingerprint density at radius 2 is 1.88 bits per heavy atom. The van der Waals surface area contributed by atoms with Gasteiger partial charge in [0, 0.05) is 11.3 Å². The van der Waals surface area contributed by atoms with Crippen molar-refractivity contribution < 1.29 is 4.79 Å². The Hall–Kier alpha value is -2.80. The van der Waals surface area contributed by atoms with Gasteiger partial charge in [0.2, 0.25) is 11.1 Å². The molecule has 0 saturated heterocycles. The predicted octanol–water partition coefficient (Wildman–Crippen LogP) is 3.01. The number of hydrogen-bond donors (Lipinski definition) is 2. The molecule has 1 heterocycles. The third kappa shape index (κ3) is 4.00. The van der Waals surface area contributed by atoms with E-state index in [1.807, 2.05) is 62.4 Å². The number of nitrogens with two attached hydrogens (primary N) is 1. The molecule has 0 bridgehead atoms. The lowest BCUT2D eigenvalue weighted by molar-refractivity contribution is -0.113. The normalized spacial score (nSPS) is 10.6. The largest absolute Gasteiger partial charge is 0.335 e. The Balaban J connectivity index is 1.63. The lowest BCUT2D eigenvalue weighted by atomic mass is 10.1. The molecule has 3 N–H and O–H groups in total. The highest BCUT2D eigenvalue weighted by Gasteiger charge is 2.13. The minimum absolute atomic E-state index is 0.113. The number of nitrogen functional groups attached to an aromatic ring is 1. The number of carbonyl (C=O) groups excluding carboxylic acids is 1. The molecular formula is C18H19N5OS. The van der Waals surface area contributed by atoms with Crippen LogP contribution in [0.4, 0.5) is 5.69 Å². The third-order valence-corrected chi connectivity index (χ3v) is 4.76. The zero-order valence-corrected chi connectivity index (χ0v) is 14.9. The topological polar surface area (TPSA) is 85.8 Å². The number of rotatable bonds is 5. The van der Waals surface area contributed by atoms with E-state index in [1.54, 1.807) is 0 Å². The molecule has 128 valence electrons. The molecule has 0 atom stereocenters. The quantitative estimate of drug-likeness (QED) is 0.544. The van der Waals surface area contributed by atoms with Crippen molar-refractivity contribution in [3.05, 3.63) is 59.7 Å². The van der Waals surface area contributed by atoms with E-state index < -0.39 is 0 Å². The highest BCUT2D eigenvalue weighted by molar-refractivity contribution is 7.99. The van der Waals surface area contributed by atoms with Crippen LogP contribution in [0.1, 0.15) is 11.1 Å². The minimum atomic E-state index is -0.113. The number of hydrogen-bond acceptors (Lipinski definition) is 5. The summed E-state index contributed by atoms with van der Waals surface area (Å²) in [5, 5.41) is 11.5. The van der Waals surface area contributed by atoms with Crippen LogP contribution in [0.5, 0.6) is 0 Å². The number of carbonyl (C=O) groups is 1. The maximum Gasteiger partial charge on any atom is 0.234 e. The zero-order valence-electron chi connectivity index (χ0n) is 14.1. The average molecular weight is 353 g/mol. The SMILES string of the molecule is Cc1ccc(NC(=O)CSc2nnc(-c3ccccc3)n2N)cc1C. The van der Waals surface area contributed by atoms with Crippen LogP contribution in [-0.4, -0.2) is 26.5 Å². The van der Waals surface area contributed by atoms with E-state index in [9.17, 15) is 4.79 Å². The number of nitrogens with one attached hydrogen (secondary N) is 1. The second-order valence-electron chi connectivity index (χ2n) is 5.68. The van der Waals surface area contributed by atoms with Crippen molar-refractivity contribution in [2.45, 2.75) is 19.0 Å². The molecule has 2 aromatic carbocycles. The summed E-state index contributed by atoms with van der Waals surface area (Å²) >= 11 is 1.25. The molecule has 0 aliphatic carbocycles. The fourth-order valence-corrected chi connectivity index (χ4v) is 2.96. The summed E-state index contributed by atoms with van der Waals surface area (Å²) < 4.78 is 1.41.